The molecule has 1 aromatic carbocycles. The Labute approximate surface area is 107 Å². The molecule has 1 heterocycles. The highest BCUT2D eigenvalue weighted by Crippen LogP contribution is 2.33. The third kappa shape index (κ3) is 2.20. The van der Waals surface area contributed by atoms with E-state index in [9.17, 15) is 4.79 Å². The van der Waals surface area contributed by atoms with E-state index < -0.39 is 5.54 Å². The van der Waals surface area contributed by atoms with E-state index in [0.717, 1.165) is 37.1 Å². The zero-order valence-electron chi connectivity index (χ0n) is 10.9. The molecule has 0 radical (unpaired) electrons. The van der Waals surface area contributed by atoms with Crippen molar-refractivity contribution in [3.8, 4) is 5.75 Å². The summed E-state index contributed by atoms with van der Waals surface area (Å²) in [5, 5.41) is 3.32. The molecule has 0 aliphatic carbocycles. The summed E-state index contributed by atoms with van der Waals surface area (Å²) < 4.78 is 10.2. The number of benzene rings is 1. The molecule has 18 heavy (non-hydrogen) atoms. The van der Waals surface area contributed by atoms with Gasteiger partial charge < -0.3 is 9.47 Å². The third-order valence-electron chi connectivity index (χ3n) is 3.50. The molecule has 98 valence electrons. The van der Waals surface area contributed by atoms with Crippen LogP contribution in [-0.2, 0) is 15.1 Å². The highest BCUT2D eigenvalue weighted by molar-refractivity contribution is 5.83. The summed E-state index contributed by atoms with van der Waals surface area (Å²) in [5.41, 5.74) is 0.190. The van der Waals surface area contributed by atoms with Crippen molar-refractivity contribution in [1.82, 2.24) is 5.32 Å². The van der Waals surface area contributed by atoms with E-state index in [1.165, 1.54) is 7.11 Å². The molecule has 2 rings (SSSR count). The minimum absolute atomic E-state index is 0.226. The quantitative estimate of drug-likeness (QED) is 0.830. The average Bonchev–Trinajstić information content (AvgIpc) is 2.47. The number of hydrogen-bond acceptors (Lipinski definition) is 4. The lowest BCUT2D eigenvalue weighted by Crippen LogP contribution is -2.52. The van der Waals surface area contributed by atoms with Crippen molar-refractivity contribution in [2.24, 2.45) is 0 Å². The molecule has 0 amide bonds. The first-order chi connectivity index (χ1) is 8.73. The van der Waals surface area contributed by atoms with Crippen LogP contribution in [0.3, 0.4) is 0 Å². The topological polar surface area (TPSA) is 47.6 Å². The molecule has 1 aromatic rings. The van der Waals surface area contributed by atoms with Crippen LogP contribution >= 0.6 is 0 Å². The molecular formula is C14H19NO3. The Morgan fingerprint density at radius 2 is 2.17 bits per heavy atom. The molecule has 1 saturated heterocycles. The van der Waals surface area contributed by atoms with Crippen molar-refractivity contribution >= 4 is 5.97 Å². The van der Waals surface area contributed by atoms with Crippen molar-refractivity contribution in [1.29, 1.82) is 0 Å². The summed E-state index contributed by atoms with van der Waals surface area (Å²) in [5.74, 6) is 0.526. The summed E-state index contributed by atoms with van der Waals surface area (Å²) >= 11 is 0. The Hall–Kier alpha value is -1.55. The van der Waals surface area contributed by atoms with Gasteiger partial charge in [0.25, 0.3) is 0 Å². The number of carbonyl (C=O) groups excluding carboxylic acids is 1. The van der Waals surface area contributed by atoms with E-state index in [4.69, 9.17) is 9.47 Å². The molecule has 0 aromatic heterocycles. The van der Waals surface area contributed by atoms with E-state index in [0.29, 0.717) is 0 Å². The largest absolute Gasteiger partial charge is 0.497 e. The molecule has 1 N–H and O–H groups in total. The Kier molecular flexibility index (Phi) is 3.87. The van der Waals surface area contributed by atoms with Crippen molar-refractivity contribution < 1.29 is 14.3 Å². The fourth-order valence-corrected chi connectivity index (χ4v) is 2.51. The molecule has 0 saturated carbocycles. The van der Waals surface area contributed by atoms with Gasteiger partial charge in [-0.05, 0) is 43.5 Å². The van der Waals surface area contributed by atoms with E-state index in [2.05, 4.69) is 5.32 Å². The van der Waals surface area contributed by atoms with Gasteiger partial charge in [0.1, 0.15) is 11.3 Å². The minimum Gasteiger partial charge on any atom is -0.497 e. The number of ether oxygens (including phenoxy) is 2. The van der Waals surface area contributed by atoms with Gasteiger partial charge in [0, 0.05) is 0 Å². The number of nitrogens with one attached hydrogen (secondary N) is 1. The smallest absolute Gasteiger partial charge is 0.330 e. The highest BCUT2D eigenvalue weighted by atomic mass is 16.5. The fourth-order valence-electron chi connectivity index (χ4n) is 2.51. The number of esters is 1. The maximum absolute atomic E-state index is 12.2. The van der Waals surface area contributed by atoms with Gasteiger partial charge in [-0.2, -0.15) is 0 Å². The van der Waals surface area contributed by atoms with Crippen LogP contribution in [0.5, 0.6) is 5.75 Å². The molecule has 1 fully saturated rings. The monoisotopic (exact) mass is 249 g/mol. The van der Waals surface area contributed by atoms with Crippen LogP contribution in [0.1, 0.15) is 24.8 Å². The standard InChI is InChI=1S/C14H19NO3/c1-17-12-7-5-6-11(10-12)14(13(16)18-2)8-3-4-9-15-14/h5-7,10,15H,3-4,8-9H2,1-2H3. The Morgan fingerprint density at radius 3 is 2.78 bits per heavy atom. The van der Waals surface area contributed by atoms with Gasteiger partial charge in [0.2, 0.25) is 0 Å². The summed E-state index contributed by atoms with van der Waals surface area (Å²) in [7, 11) is 3.05. The zero-order valence-corrected chi connectivity index (χ0v) is 10.9. The van der Waals surface area contributed by atoms with Crippen molar-refractivity contribution in [3.63, 3.8) is 0 Å². The molecule has 0 bridgehead atoms. The van der Waals surface area contributed by atoms with Gasteiger partial charge in [0.15, 0.2) is 0 Å². The summed E-state index contributed by atoms with van der Waals surface area (Å²) in [4.78, 5) is 12.2. The Bertz CT molecular complexity index is 425. The first-order valence-electron chi connectivity index (χ1n) is 6.21. The van der Waals surface area contributed by atoms with Gasteiger partial charge in [-0.1, -0.05) is 12.1 Å². The lowest BCUT2D eigenvalue weighted by molar-refractivity contribution is -0.150. The van der Waals surface area contributed by atoms with Crippen LogP contribution in [0.2, 0.25) is 0 Å². The van der Waals surface area contributed by atoms with Crippen LogP contribution in [0, 0.1) is 0 Å². The van der Waals surface area contributed by atoms with Crippen molar-refractivity contribution in [2.75, 3.05) is 20.8 Å². The van der Waals surface area contributed by atoms with Crippen molar-refractivity contribution in [3.05, 3.63) is 29.8 Å². The predicted molar refractivity (Wildman–Crippen MR) is 68.5 cm³/mol. The summed E-state index contributed by atoms with van der Waals surface area (Å²) in [6, 6.07) is 7.61. The molecule has 1 aliphatic heterocycles. The van der Waals surface area contributed by atoms with Crippen LogP contribution in [0.25, 0.3) is 0 Å². The van der Waals surface area contributed by atoms with Gasteiger partial charge in [-0.3, -0.25) is 5.32 Å². The number of rotatable bonds is 3. The van der Waals surface area contributed by atoms with E-state index in [1.807, 2.05) is 24.3 Å². The molecule has 4 heteroatoms. The Morgan fingerprint density at radius 1 is 1.33 bits per heavy atom. The SMILES string of the molecule is COC(=O)C1(c2cccc(OC)c2)CCCCN1. The molecule has 1 aliphatic rings. The number of carbonyl (C=O) groups is 1. The third-order valence-corrected chi connectivity index (χ3v) is 3.50. The van der Waals surface area contributed by atoms with E-state index in [1.54, 1.807) is 7.11 Å². The summed E-state index contributed by atoms with van der Waals surface area (Å²) in [6.07, 6.45) is 2.86. The predicted octanol–water partition coefficient (Wildman–Crippen LogP) is 1.84. The van der Waals surface area contributed by atoms with Gasteiger partial charge in [0.05, 0.1) is 14.2 Å². The number of piperidine rings is 1. The second-order valence-electron chi connectivity index (χ2n) is 4.51. The average molecular weight is 249 g/mol. The maximum atomic E-state index is 12.2. The van der Waals surface area contributed by atoms with Crippen LogP contribution in [0.15, 0.2) is 24.3 Å². The summed E-state index contributed by atoms with van der Waals surface area (Å²) in [6.45, 7) is 0.826. The first-order valence-corrected chi connectivity index (χ1v) is 6.21. The maximum Gasteiger partial charge on any atom is 0.330 e. The van der Waals surface area contributed by atoms with Gasteiger partial charge in [-0.25, -0.2) is 4.79 Å². The second-order valence-corrected chi connectivity index (χ2v) is 4.51. The second kappa shape index (κ2) is 5.40. The van der Waals surface area contributed by atoms with E-state index >= 15 is 0 Å². The molecule has 1 unspecified atom stereocenters. The molecular weight excluding hydrogens is 230 g/mol. The van der Waals surface area contributed by atoms with Gasteiger partial charge in [-0.15, -0.1) is 0 Å². The zero-order chi connectivity index (χ0) is 13.0. The lowest BCUT2D eigenvalue weighted by atomic mass is 9.82. The molecule has 0 spiro atoms. The van der Waals surface area contributed by atoms with E-state index in [-0.39, 0.29) is 5.97 Å². The lowest BCUT2D eigenvalue weighted by Gasteiger charge is -2.36. The minimum atomic E-state index is -0.721. The van der Waals surface area contributed by atoms with Crippen LogP contribution in [0.4, 0.5) is 0 Å². The molecule has 1 atom stereocenters. The van der Waals surface area contributed by atoms with Crippen LogP contribution < -0.4 is 10.1 Å². The fraction of sp³-hybridized carbons (Fsp3) is 0.500. The van der Waals surface area contributed by atoms with Gasteiger partial charge >= 0.3 is 5.97 Å². The Balaban J connectivity index is 2.41. The number of hydrogen-bond donors (Lipinski definition) is 1. The first kappa shape index (κ1) is 12.9. The highest BCUT2D eigenvalue weighted by Gasteiger charge is 2.42. The normalized spacial score (nSPS) is 23.4. The van der Waals surface area contributed by atoms with Crippen molar-refractivity contribution in [2.45, 2.75) is 24.8 Å². The van der Waals surface area contributed by atoms with Crippen LogP contribution in [-0.4, -0.2) is 26.7 Å². The molecule has 4 nitrogen and oxygen atoms in total. The number of methoxy groups -OCH3 is 2.